The Labute approximate surface area is 127 Å². The number of hydrogen-bond donors (Lipinski definition) is 0. The Bertz CT molecular complexity index is 546. The van der Waals surface area contributed by atoms with Crippen molar-refractivity contribution in [3.05, 3.63) is 78.4 Å². The highest BCUT2D eigenvalue weighted by atomic mass is 35.5. The van der Waals surface area contributed by atoms with E-state index >= 15 is 0 Å². The third-order valence-electron chi connectivity index (χ3n) is 2.47. The molecule has 0 aliphatic carbocycles. The van der Waals surface area contributed by atoms with Crippen LogP contribution in [0.4, 0.5) is 0 Å². The molecule has 0 radical (unpaired) electrons. The fraction of sp³-hybridized carbons (Fsp3) is 0.167. The van der Waals surface area contributed by atoms with Gasteiger partial charge in [0.15, 0.2) is 0 Å². The van der Waals surface area contributed by atoms with Crippen molar-refractivity contribution in [2.45, 2.75) is 20.8 Å². The molecule has 0 bridgehead atoms. The minimum absolute atomic E-state index is 0.697. The van der Waals surface area contributed by atoms with Gasteiger partial charge in [0, 0.05) is 10.6 Å². The molecule has 106 valence electrons. The molecular weight excluding hydrogens is 266 g/mol. The number of nitrogens with zero attached hydrogens (tertiary/aromatic N) is 1. The zero-order valence-electron chi connectivity index (χ0n) is 12.5. The zero-order chi connectivity index (χ0) is 15.7. The summed E-state index contributed by atoms with van der Waals surface area (Å²) in [4.78, 5) is 4.62. The van der Waals surface area contributed by atoms with Crippen LogP contribution in [0.25, 0.3) is 5.70 Å². The summed E-state index contributed by atoms with van der Waals surface area (Å²) in [6.45, 7) is 19.6. The number of benzene rings is 1. The molecule has 0 heterocycles. The van der Waals surface area contributed by atoms with Gasteiger partial charge in [-0.1, -0.05) is 48.5 Å². The normalized spacial score (nSPS) is 10.1. The Morgan fingerprint density at radius 3 is 2.10 bits per heavy atom. The lowest BCUT2D eigenvalue weighted by atomic mass is 10.1. The number of halogens is 1. The average molecular weight is 288 g/mol. The van der Waals surface area contributed by atoms with E-state index in [9.17, 15) is 0 Å². The predicted octanol–water partition coefficient (Wildman–Crippen LogP) is 6.10. The van der Waals surface area contributed by atoms with Gasteiger partial charge in [-0.15, -0.1) is 13.2 Å². The van der Waals surface area contributed by atoms with Gasteiger partial charge in [-0.3, -0.25) is 0 Å². The molecule has 0 aliphatic rings. The minimum atomic E-state index is 0.697. The molecule has 1 rings (SSSR count). The molecule has 0 unspecified atom stereocenters. The highest BCUT2D eigenvalue weighted by Gasteiger charge is 2.08. The molecule has 1 aromatic carbocycles. The van der Waals surface area contributed by atoms with Crippen LogP contribution in [0.5, 0.6) is 0 Å². The van der Waals surface area contributed by atoms with Crippen LogP contribution in [-0.4, -0.2) is 5.71 Å². The Kier molecular flexibility index (Phi) is 8.26. The monoisotopic (exact) mass is 287 g/mol. The Balaban J connectivity index is 0.00000172. The van der Waals surface area contributed by atoms with Crippen LogP contribution < -0.4 is 0 Å². The molecule has 0 spiro atoms. The second-order valence-corrected chi connectivity index (χ2v) is 4.72. The van der Waals surface area contributed by atoms with Gasteiger partial charge in [-0.05, 0) is 38.5 Å². The van der Waals surface area contributed by atoms with Crippen LogP contribution >= 0.6 is 11.6 Å². The molecule has 0 aliphatic heterocycles. The van der Waals surface area contributed by atoms with Crippen molar-refractivity contribution >= 4 is 23.0 Å². The van der Waals surface area contributed by atoms with E-state index in [1.165, 1.54) is 0 Å². The fourth-order valence-electron chi connectivity index (χ4n) is 1.53. The van der Waals surface area contributed by atoms with Gasteiger partial charge in [0.1, 0.15) is 0 Å². The van der Waals surface area contributed by atoms with Crippen molar-refractivity contribution in [2.75, 3.05) is 0 Å². The molecule has 0 amide bonds. The third kappa shape index (κ3) is 5.02. The zero-order valence-corrected chi connectivity index (χ0v) is 13.3. The van der Waals surface area contributed by atoms with Crippen LogP contribution in [0, 0.1) is 0 Å². The topological polar surface area (TPSA) is 12.4 Å². The second-order valence-electron chi connectivity index (χ2n) is 4.31. The van der Waals surface area contributed by atoms with Crippen LogP contribution in [0.1, 0.15) is 26.3 Å². The lowest BCUT2D eigenvalue weighted by molar-refractivity contribution is 1.33. The van der Waals surface area contributed by atoms with Crippen molar-refractivity contribution in [2.24, 2.45) is 4.99 Å². The summed E-state index contributed by atoms with van der Waals surface area (Å²) >= 11 is 6.22. The molecule has 20 heavy (non-hydrogen) atoms. The van der Waals surface area contributed by atoms with E-state index < -0.39 is 0 Å². The lowest BCUT2D eigenvalue weighted by Crippen LogP contribution is -1.96. The van der Waals surface area contributed by atoms with E-state index in [1.54, 1.807) is 6.08 Å². The molecule has 1 nitrogen and oxygen atoms in total. The molecule has 2 heteroatoms. The quantitative estimate of drug-likeness (QED) is 0.469. The molecule has 0 aromatic heterocycles. The Morgan fingerprint density at radius 2 is 1.70 bits per heavy atom. The summed E-state index contributed by atoms with van der Waals surface area (Å²) in [6, 6.07) is 7.69. The summed E-state index contributed by atoms with van der Waals surface area (Å²) in [5, 5.41) is 0.697. The van der Waals surface area contributed by atoms with Crippen molar-refractivity contribution in [1.29, 1.82) is 0 Å². The molecule has 0 saturated heterocycles. The van der Waals surface area contributed by atoms with E-state index in [0.29, 0.717) is 5.02 Å². The molecule has 1 aromatic rings. The van der Waals surface area contributed by atoms with E-state index in [0.717, 1.165) is 28.1 Å². The number of rotatable bonds is 4. The maximum absolute atomic E-state index is 6.22. The summed E-state index contributed by atoms with van der Waals surface area (Å²) in [5.74, 6) is 0. The second kappa shape index (κ2) is 9.11. The maximum Gasteiger partial charge on any atom is 0.0710 e. The summed E-state index contributed by atoms with van der Waals surface area (Å²) < 4.78 is 0. The van der Waals surface area contributed by atoms with Gasteiger partial charge < -0.3 is 0 Å². The van der Waals surface area contributed by atoms with Crippen molar-refractivity contribution in [3.8, 4) is 0 Å². The van der Waals surface area contributed by atoms with Crippen LogP contribution in [-0.2, 0) is 0 Å². The average Bonchev–Trinajstić information content (AvgIpc) is 2.42. The first-order valence-corrected chi connectivity index (χ1v) is 6.64. The maximum atomic E-state index is 6.22. The van der Waals surface area contributed by atoms with E-state index in [2.05, 4.69) is 31.3 Å². The highest BCUT2D eigenvalue weighted by Crippen LogP contribution is 2.27. The molecular formula is C18H22ClN. The summed E-state index contributed by atoms with van der Waals surface area (Å²) in [5.41, 5.74) is 4.57. The van der Waals surface area contributed by atoms with Gasteiger partial charge in [0.25, 0.3) is 0 Å². The standard InChI is InChI=1S/C16H18ClN.C2H4/c1-6-15(11(2)3)18-16(12(4)5)13-9-7-8-10-14(13)17;1-2/h6-10H,1-2H2,3-5H3;1-2H2. The van der Waals surface area contributed by atoms with Crippen molar-refractivity contribution in [3.63, 3.8) is 0 Å². The minimum Gasteiger partial charge on any atom is -0.248 e. The first-order chi connectivity index (χ1) is 9.47. The molecule has 0 N–H and O–H groups in total. The Morgan fingerprint density at radius 1 is 1.15 bits per heavy atom. The molecule has 0 fully saturated rings. The highest BCUT2D eigenvalue weighted by molar-refractivity contribution is 6.32. The van der Waals surface area contributed by atoms with Gasteiger partial charge in [0.2, 0.25) is 0 Å². The smallest absolute Gasteiger partial charge is 0.0710 e. The van der Waals surface area contributed by atoms with Crippen molar-refractivity contribution < 1.29 is 0 Å². The van der Waals surface area contributed by atoms with Crippen LogP contribution in [0.15, 0.2) is 72.8 Å². The first-order valence-electron chi connectivity index (χ1n) is 6.26. The molecule has 0 saturated carbocycles. The third-order valence-corrected chi connectivity index (χ3v) is 2.80. The number of hydrogen-bond acceptors (Lipinski definition) is 1. The van der Waals surface area contributed by atoms with Crippen molar-refractivity contribution in [1.82, 2.24) is 0 Å². The first kappa shape index (κ1) is 18.1. The SMILES string of the molecule is C=C.C=CC(=NC(=C(C)C)c1ccccc1Cl)C(=C)C. The predicted molar refractivity (Wildman–Crippen MR) is 93.4 cm³/mol. The summed E-state index contributed by atoms with van der Waals surface area (Å²) in [6.07, 6.45) is 1.71. The van der Waals surface area contributed by atoms with Crippen LogP contribution in [0.2, 0.25) is 5.02 Å². The van der Waals surface area contributed by atoms with E-state index in [1.807, 2.05) is 45.0 Å². The van der Waals surface area contributed by atoms with Crippen LogP contribution in [0.3, 0.4) is 0 Å². The van der Waals surface area contributed by atoms with Gasteiger partial charge in [-0.25, -0.2) is 4.99 Å². The summed E-state index contributed by atoms with van der Waals surface area (Å²) in [7, 11) is 0. The lowest BCUT2D eigenvalue weighted by Gasteiger charge is -2.09. The number of aliphatic imine (C=N–C) groups is 1. The van der Waals surface area contributed by atoms with E-state index in [4.69, 9.17) is 11.6 Å². The molecule has 0 atom stereocenters. The Hall–Kier alpha value is -1.86. The van der Waals surface area contributed by atoms with E-state index in [-0.39, 0.29) is 0 Å². The van der Waals surface area contributed by atoms with Gasteiger partial charge in [-0.2, -0.15) is 0 Å². The van der Waals surface area contributed by atoms with Gasteiger partial charge in [0.05, 0.1) is 11.4 Å². The van der Waals surface area contributed by atoms with Gasteiger partial charge >= 0.3 is 0 Å². The number of allylic oxidation sites excluding steroid dienone is 3. The fourth-order valence-corrected chi connectivity index (χ4v) is 1.76. The largest absolute Gasteiger partial charge is 0.248 e.